The molecule has 0 spiro atoms. The minimum absolute atomic E-state index is 0.546. The molecule has 1 aliphatic rings. The van der Waals surface area contributed by atoms with Crippen LogP contribution < -0.4 is 14.2 Å². The fourth-order valence-corrected chi connectivity index (χ4v) is 4.84. The molecule has 1 saturated heterocycles. The normalized spacial score (nSPS) is 19.1. The summed E-state index contributed by atoms with van der Waals surface area (Å²) in [5.74, 6) is 3.28. The molecule has 0 aliphatic carbocycles. The number of hydrogen-bond donors (Lipinski definition) is 0. The van der Waals surface area contributed by atoms with Gasteiger partial charge in [0.1, 0.15) is 5.75 Å². The lowest BCUT2D eigenvalue weighted by Gasteiger charge is -2.22. The Labute approximate surface area is 182 Å². The number of benzene rings is 2. The molecule has 2 unspecified atom stereocenters. The topological polar surface area (TPSA) is 30.9 Å². The van der Waals surface area contributed by atoms with E-state index < -0.39 is 0 Å². The Bertz CT molecular complexity index is 820. The van der Waals surface area contributed by atoms with E-state index in [1.54, 1.807) is 14.2 Å². The number of ether oxygens (including phenoxy) is 3. The summed E-state index contributed by atoms with van der Waals surface area (Å²) in [5.41, 5.74) is 3.84. The number of methoxy groups -OCH3 is 2. The molecule has 0 bridgehead atoms. The Balaban J connectivity index is 1.66. The van der Waals surface area contributed by atoms with Crippen LogP contribution in [0.1, 0.15) is 55.7 Å². The van der Waals surface area contributed by atoms with Gasteiger partial charge in [-0.3, -0.25) is 0 Å². The van der Waals surface area contributed by atoms with Gasteiger partial charge in [0.25, 0.3) is 0 Å². The molecule has 164 valence electrons. The van der Waals surface area contributed by atoms with E-state index >= 15 is 0 Å². The van der Waals surface area contributed by atoms with Crippen LogP contribution in [0.25, 0.3) is 0 Å². The Hall–Kier alpha value is -2.20. The molecule has 0 amide bonds. The maximum absolute atomic E-state index is 5.81. The molecule has 0 aromatic heterocycles. The van der Waals surface area contributed by atoms with Crippen molar-refractivity contribution in [2.45, 2.75) is 58.4 Å². The van der Waals surface area contributed by atoms with Crippen molar-refractivity contribution in [2.75, 3.05) is 33.9 Å². The second-order valence-electron chi connectivity index (χ2n) is 8.18. The van der Waals surface area contributed by atoms with Crippen LogP contribution in [0.5, 0.6) is 17.2 Å². The van der Waals surface area contributed by atoms with Gasteiger partial charge >= 0.3 is 0 Å². The maximum atomic E-state index is 5.81. The summed E-state index contributed by atoms with van der Waals surface area (Å²) in [6, 6.07) is 13.5. The van der Waals surface area contributed by atoms with Crippen LogP contribution in [0.15, 0.2) is 36.4 Å². The van der Waals surface area contributed by atoms with Crippen molar-refractivity contribution < 1.29 is 14.2 Å². The summed E-state index contributed by atoms with van der Waals surface area (Å²) >= 11 is 0. The lowest BCUT2D eigenvalue weighted by atomic mass is 9.92. The van der Waals surface area contributed by atoms with Gasteiger partial charge in [-0.2, -0.15) is 0 Å². The summed E-state index contributed by atoms with van der Waals surface area (Å²) in [5, 5.41) is 0. The molecule has 1 fully saturated rings. The summed E-state index contributed by atoms with van der Waals surface area (Å²) in [6.45, 7) is 9.28. The SMILES string of the molecule is CCOc1c(C)cc(C2CC(CCCc3ccccc3OC)N(CC)C2)cc1OC. The first kappa shape index (κ1) is 22.5. The zero-order valence-electron chi connectivity index (χ0n) is 19.2. The van der Waals surface area contributed by atoms with Gasteiger partial charge in [-0.15, -0.1) is 0 Å². The number of likely N-dealkylation sites (N-methyl/N-ethyl adjacent to an activating group) is 1. The highest BCUT2D eigenvalue weighted by Crippen LogP contribution is 2.39. The number of aryl methyl sites for hydroxylation is 2. The van der Waals surface area contributed by atoms with Gasteiger partial charge in [-0.05, 0) is 80.8 Å². The molecule has 2 aromatic rings. The zero-order chi connectivity index (χ0) is 21.5. The quantitative estimate of drug-likeness (QED) is 0.508. The second kappa shape index (κ2) is 10.7. The lowest BCUT2D eigenvalue weighted by Crippen LogP contribution is -2.29. The minimum atomic E-state index is 0.546. The maximum Gasteiger partial charge on any atom is 0.164 e. The minimum Gasteiger partial charge on any atom is -0.496 e. The van der Waals surface area contributed by atoms with E-state index in [1.165, 1.54) is 30.4 Å². The third-order valence-corrected chi connectivity index (χ3v) is 6.35. The molecular formula is C26H37NO3. The Morgan fingerprint density at radius 1 is 1.03 bits per heavy atom. The lowest BCUT2D eigenvalue weighted by molar-refractivity contribution is 0.251. The van der Waals surface area contributed by atoms with Gasteiger partial charge in [0.05, 0.1) is 20.8 Å². The van der Waals surface area contributed by atoms with Gasteiger partial charge in [0.2, 0.25) is 0 Å². The number of likely N-dealkylation sites (tertiary alicyclic amines) is 1. The molecule has 2 atom stereocenters. The van der Waals surface area contributed by atoms with E-state index in [2.05, 4.69) is 49.1 Å². The van der Waals surface area contributed by atoms with Crippen molar-refractivity contribution in [1.82, 2.24) is 4.90 Å². The zero-order valence-corrected chi connectivity index (χ0v) is 19.2. The van der Waals surface area contributed by atoms with Gasteiger partial charge in [-0.25, -0.2) is 0 Å². The van der Waals surface area contributed by atoms with E-state index in [0.29, 0.717) is 18.6 Å². The van der Waals surface area contributed by atoms with Crippen LogP contribution >= 0.6 is 0 Å². The van der Waals surface area contributed by atoms with Gasteiger partial charge in [0, 0.05) is 12.6 Å². The van der Waals surface area contributed by atoms with Gasteiger partial charge < -0.3 is 19.1 Å². The second-order valence-corrected chi connectivity index (χ2v) is 8.18. The largest absolute Gasteiger partial charge is 0.496 e. The van der Waals surface area contributed by atoms with Crippen molar-refractivity contribution in [1.29, 1.82) is 0 Å². The highest BCUT2D eigenvalue weighted by atomic mass is 16.5. The van der Waals surface area contributed by atoms with E-state index in [0.717, 1.165) is 42.3 Å². The van der Waals surface area contributed by atoms with E-state index in [1.807, 2.05) is 13.0 Å². The molecule has 4 nitrogen and oxygen atoms in total. The van der Waals surface area contributed by atoms with Crippen molar-refractivity contribution >= 4 is 0 Å². The average molecular weight is 412 g/mol. The molecule has 0 saturated carbocycles. The summed E-state index contributed by atoms with van der Waals surface area (Å²) in [7, 11) is 3.49. The van der Waals surface area contributed by atoms with Crippen LogP contribution in [0.4, 0.5) is 0 Å². The first-order chi connectivity index (χ1) is 14.6. The monoisotopic (exact) mass is 411 g/mol. The number of para-hydroxylation sites is 1. The average Bonchev–Trinajstić information content (AvgIpc) is 3.18. The third kappa shape index (κ3) is 5.10. The van der Waals surface area contributed by atoms with Crippen LogP contribution in [0.2, 0.25) is 0 Å². The molecule has 2 aromatic carbocycles. The molecule has 0 radical (unpaired) electrons. The predicted octanol–water partition coefficient (Wildman–Crippen LogP) is 5.61. The van der Waals surface area contributed by atoms with Crippen LogP contribution in [-0.4, -0.2) is 44.9 Å². The first-order valence-electron chi connectivity index (χ1n) is 11.3. The Morgan fingerprint density at radius 2 is 1.80 bits per heavy atom. The number of rotatable bonds is 10. The highest BCUT2D eigenvalue weighted by Gasteiger charge is 2.32. The van der Waals surface area contributed by atoms with E-state index in [9.17, 15) is 0 Å². The summed E-state index contributed by atoms with van der Waals surface area (Å²) in [4.78, 5) is 2.64. The number of nitrogens with zero attached hydrogens (tertiary/aromatic N) is 1. The fraction of sp³-hybridized carbons (Fsp3) is 0.538. The first-order valence-corrected chi connectivity index (χ1v) is 11.3. The van der Waals surface area contributed by atoms with Gasteiger partial charge in [-0.1, -0.05) is 31.2 Å². The van der Waals surface area contributed by atoms with Crippen molar-refractivity contribution in [3.05, 3.63) is 53.1 Å². The van der Waals surface area contributed by atoms with Crippen molar-refractivity contribution in [2.24, 2.45) is 0 Å². The number of hydrogen-bond acceptors (Lipinski definition) is 4. The van der Waals surface area contributed by atoms with Crippen molar-refractivity contribution in [3.8, 4) is 17.2 Å². The van der Waals surface area contributed by atoms with Crippen LogP contribution in [0, 0.1) is 6.92 Å². The Morgan fingerprint density at radius 3 is 2.50 bits per heavy atom. The molecular weight excluding hydrogens is 374 g/mol. The third-order valence-electron chi connectivity index (χ3n) is 6.35. The van der Waals surface area contributed by atoms with E-state index in [-0.39, 0.29) is 0 Å². The summed E-state index contributed by atoms with van der Waals surface area (Å²) < 4.78 is 17.0. The molecule has 1 aliphatic heterocycles. The smallest absolute Gasteiger partial charge is 0.164 e. The summed E-state index contributed by atoms with van der Waals surface area (Å²) in [6.07, 6.45) is 4.67. The van der Waals surface area contributed by atoms with Crippen LogP contribution in [0.3, 0.4) is 0 Å². The highest BCUT2D eigenvalue weighted by molar-refractivity contribution is 5.50. The van der Waals surface area contributed by atoms with Crippen LogP contribution in [-0.2, 0) is 6.42 Å². The Kier molecular flexibility index (Phi) is 8.03. The molecule has 4 heteroatoms. The van der Waals surface area contributed by atoms with E-state index in [4.69, 9.17) is 14.2 Å². The molecule has 0 N–H and O–H groups in total. The fourth-order valence-electron chi connectivity index (χ4n) is 4.84. The van der Waals surface area contributed by atoms with Crippen molar-refractivity contribution in [3.63, 3.8) is 0 Å². The molecule has 1 heterocycles. The predicted molar refractivity (Wildman–Crippen MR) is 123 cm³/mol. The molecule has 3 rings (SSSR count). The van der Waals surface area contributed by atoms with Gasteiger partial charge in [0.15, 0.2) is 11.5 Å². The molecule has 30 heavy (non-hydrogen) atoms. The standard InChI is InChI=1S/C26H37NO3/c1-6-27-18-22(21-15-19(3)26(30-7-2)25(17-21)29-5)16-23(27)13-10-12-20-11-8-9-14-24(20)28-4/h8-9,11,14-15,17,22-23H,6-7,10,12-13,16,18H2,1-5H3.